The van der Waals surface area contributed by atoms with Crippen molar-refractivity contribution in [3.63, 3.8) is 0 Å². The van der Waals surface area contributed by atoms with Gasteiger partial charge < -0.3 is 25.0 Å². The molecule has 0 aromatic rings. The summed E-state index contributed by atoms with van der Waals surface area (Å²) in [6.45, 7) is 12.0. The van der Waals surface area contributed by atoms with E-state index in [2.05, 4.69) is 41.3 Å². The van der Waals surface area contributed by atoms with E-state index in [4.69, 9.17) is 9.47 Å². The number of guanidine groups is 1. The zero-order valence-electron chi connectivity index (χ0n) is 15.9. The molecule has 0 spiro atoms. The van der Waals surface area contributed by atoms with Crippen LogP contribution in [0.4, 0.5) is 0 Å². The van der Waals surface area contributed by atoms with E-state index < -0.39 is 0 Å². The number of aliphatic imine (C=N–C) groups is 1. The summed E-state index contributed by atoms with van der Waals surface area (Å²) < 4.78 is 11.7. The number of piperidine rings is 1. The molecule has 2 aliphatic rings. The molecule has 6 heteroatoms. The van der Waals surface area contributed by atoms with Crippen molar-refractivity contribution in [1.82, 2.24) is 15.5 Å². The van der Waals surface area contributed by atoms with Gasteiger partial charge in [-0.05, 0) is 46.5 Å². The molecule has 0 radical (unpaired) electrons. The van der Waals surface area contributed by atoms with Crippen molar-refractivity contribution in [3.05, 3.63) is 0 Å². The predicted molar refractivity (Wildman–Crippen MR) is 98.6 cm³/mol. The van der Waals surface area contributed by atoms with Crippen LogP contribution in [0.2, 0.25) is 0 Å². The Hall–Kier alpha value is -0.850. The first-order chi connectivity index (χ1) is 11.5. The monoisotopic (exact) mass is 340 g/mol. The number of nitrogens with one attached hydrogen (secondary N) is 2. The van der Waals surface area contributed by atoms with E-state index in [0.29, 0.717) is 12.2 Å². The maximum Gasteiger partial charge on any atom is 0.193 e. The highest BCUT2D eigenvalue weighted by molar-refractivity contribution is 5.79. The van der Waals surface area contributed by atoms with E-state index in [-0.39, 0.29) is 5.54 Å². The van der Waals surface area contributed by atoms with Crippen LogP contribution in [0.1, 0.15) is 46.5 Å². The maximum absolute atomic E-state index is 6.04. The first-order valence-corrected chi connectivity index (χ1v) is 9.42. The predicted octanol–water partition coefficient (Wildman–Crippen LogP) is 1.61. The lowest BCUT2D eigenvalue weighted by atomic mass is 10.1. The molecule has 2 aliphatic heterocycles. The number of ether oxygens (including phenoxy) is 2. The molecule has 0 amide bonds. The number of likely N-dealkylation sites (tertiary alicyclic amines) is 1. The molecule has 2 heterocycles. The first-order valence-electron chi connectivity index (χ1n) is 9.42. The van der Waals surface area contributed by atoms with Crippen LogP contribution in [0.3, 0.4) is 0 Å². The van der Waals surface area contributed by atoms with E-state index in [9.17, 15) is 0 Å². The molecule has 140 valence electrons. The quantitative estimate of drug-likeness (QED) is 0.437. The number of hydrogen-bond acceptors (Lipinski definition) is 4. The van der Waals surface area contributed by atoms with Crippen molar-refractivity contribution < 1.29 is 9.47 Å². The van der Waals surface area contributed by atoms with Crippen LogP contribution in [0, 0.1) is 0 Å². The lowest BCUT2D eigenvalue weighted by Gasteiger charge is -2.34. The highest BCUT2D eigenvalue weighted by Gasteiger charge is 2.24. The lowest BCUT2D eigenvalue weighted by molar-refractivity contribution is -0.0367. The molecule has 1 unspecified atom stereocenters. The van der Waals surface area contributed by atoms with Crippen LogP contribution in [0.5, 0.6) is 0 Å². The molecule has 0 aliphatic carbocycles. The van der Waals surface area contributed by atoms with Crippen molar-refractivity contribution >= 4 is 5.96 Å². The molecule has 0 aromatic carbocycles. The molecular weight excluding hydrogens is 304 g/mol. The summed E-state index contributed by atoms with van der Waals surface area (Å²) >= 11 is 0. The molecule has 0 saturated carbocycles. The topological polar surface area (TPSA) is 58.1 Å². The third-order valence-electron chi connectivity index (χ3n) is 4.56. The van der Waals surface area contributed by atoms with Gasteiger partial charge in [0.25, 0.3) is 0 Å². The van der Waals surface area contributed by atoms with Gasteiger partial charge in [0, 0.05) is 45.4 Å². The van der Waals surface area contributed by atoms with Gasteiger partial charge in [-0.25, -0.2) is 0 Å². The van der Waals surface area contributed by atoms with E-state index >= 15 is 0 Å². The van der Waals surface area contributed by atoms with Crippen molar-refractivity contribution in [2.45, 2.75) is 64.2 Å². The average molecular weight is 341 g/mol. The smallest absolute Gasteiger partial charge is 0.193 e. The summed E-state index contributed by atoms with van der Waals surface area (Å²) in [5.41, 5.74) is 0.157. The van der Waals surface area contributed by atoms with Crippen LogP contribution in [-0.2, 0) is 9.47 Å². The SMILES string of the molecule is CN=C(NCCNC(C)(C)C)N1CCC(OCC2CCCO2)CC1. The Morgan fingerprint density at radius 2 is 1.96 bits per heavy atom. The Morgan fingerprint density at radius 1 is 1.21 bits per heavy atom. The molecule has 2 saturated heterocycles. The van der Waals surface area contributed by atoms with Crippen molar-refractivity contribution in [3.8, 4) is 0 Å². The Morgan fingerprint density at radius 3 is 2.54 bits per heavy atom. The fraction of sp³-hybridized carbons (Fsp3) is 0.944. The second-order valence-electron chi connectivity index (χ2n) is 7.81. The molecule has 1 atom stereocenters. The fourth-order valence-corrected chi connectivity index (χ4v) is 3.20. The highest BCUT2D eigenvalue weighted by Crippen LogP contribution is 2.17. The summed E-state index contributed by atoms with van der Waals surface area (Å²) in [6.07, 6.45) is 5.15. The Kier molecular flexibility index (Phi) is 7.78. The average Bonchev–Trinajstić information content (AvgIpc) is 3.06. The molecular formula is C18H36N4O2. The Labute approximate surface area is 147 Å². The number of nitrogens with zero attached hydrogens (tertiary/aromatic N) is 2. The fourth-order valence-electron chi connectivity index (χ4n) is 3.20. The van der Waals surface area contributed by atoms with Gasteiger partial charge in [0.1, 0.15) is 0 Å². The minimum atomic E-state index is 0.157. The van der Waals surface area contributed by atoms with E-state index in [1.807, 2.05) is 7.05 Å². The van der Waals surface area contributed by atoms with Gasteiger partial charge in [-0.3, -0.25) is 4.99 Å². The minimum absolute atomic E-state index is 0.157. The van der Waals surface area contributed by atoms with E-state index in [1.54, 1.807) is 0 Å². The zero-order chi connectivity index (χ0) is 17.4. The third-order valence-corrected chi connectivity index (χ3v) is 4.56. The second kappa shape index (κ2) is 9.59. The summed E-state index contributed by atoms with van der Waals surface area (Å²) in [5, 5.41) is 6.94. The van der Waals surface area contributed by atoms with Gasteiger partial charge in [0.05, 0.1) is 18.8 Å². The van der Waals surface area contributed by atoms with Gasteiger partial charge in [0.2, 0.25) is 0 Å². The molecule has 2 rings (SSSR count). The molecule has 2 fully saturated rings. The zero-order valence-corrected chi connectivity index (χ0v) is 15.9. The van der Waals surface area contributed by atoms with Crippen LogP contribution in [-0.4, -0.2) is 75.0 Å². The van der Waals surface area contributed by atoms with Crippen LogP contribution < -0.4 is 10.6 Å². The Bertz CT molecular complexity index is 381. The van der Waals surface area contributed by atoms with Crippen molar-refractivity contribution in [2.24, 2.45) is 4.99 Å². The summed E-state index contributed by atoms with van der Waals surface area (Å²) in [6, 6.07) is 0. The summed E-state index contributed by atoms with van der Waals surface area (Å²) in [5.74, 6) is 1.00. The highest BCUT2D eigenvalue weighted by atomic mass is 16.5. The minimum Gasteiger partial charge on any atom is -0.376 e. The van der Waals surface area contributed by atoms with E-state index in [1.165, 1.54) is 6.42 Å². The van der Waals surface area contributed by atoms with Gasteiger partial charge in [-0.1, -0.05) is 0 Å². The van der Waals surface area contributed by atoms with Crippen LogP contribution in [0.25, 0.3) is 0 Å². The molecule has 0 aromatic heterocycles. The van der Waals surface area contributed by atoms with Crippen LogP contribution >= 0.6 is 0 Å². The normalized spacial score (nSPS) is 23.8. The Balaban J connectivity index is 1.62. The largest absolute Gasteiger partial charge is 0.376 e. The van der Waals surface area contributed by atoms with Crippen molar-refractivity contribution in [1.29, 1.82) is 0 Å². The molecule has 2 N–H and O–H groups in total. The second-order valence-corrected chi connectivity index (χ2v) is 7.81. The van der Waals surface area contributed by atoms with Crippen LogP contribution in [0.15, 0.2) is 4.99 Å². The number of rotatable bonds is 6. The third kappa shape index (κ3) is 6.95. The van der Waals surface area contributed by atoms with E-state index in [0.717, 1.165) is 64.6 Å². The molecule has 0 bridgehead atoms. The van der Waals surface area contributed by atoms with Gasteiger partial charge in [-0.15, -0.1) is 0 Å². The lowest BCUT2D eigenvalue weighted by Crippen LogP contribution is -2.49. The van der Waals surface area contributed by atoms with Gasteiger partial charge in [0.15, 0.2) is 5.96 Å². The van der Waals surface area contributed by atoms with Gasteiger partial charge in [-0.2, -0.15) is 0 Å². The molecule has 6 nitrogen and oxygen atoms in total. The van der Waals surface area contributed by atoms with Crippen molar-refractivity contribution in [2.75, 3.05) is 46.4 Å². The summed E-state index contributed by atoms with van der Waals surface area (Å²) in [4.78, 5) is 6.76. The van der Waals surface area contributed by atoms with Gasteiger partial charge >= 0.3 is 0 Å². The standard InChI is InChI=1S/C18H36N4O2/c1-18(2,3)21-10-9-20-17(19-4)22-11-7-15(8-12-22)24-14-16-6-5-13-23-16/h15-16,21H,5-14H2,1-4H3,(H,19,20). The maximum atomic E-state index is 6.04. The summed E-state index contributed by atoms with van der Waals surface area (Å²) in [7, 11) is 1.86. The molecule has 24 heavy (non-hydrogen) atoms. The first kappa shape index (κ1) is 19.5. The number of hydrogen-bond donors (Lipinski definition) is 2.